The number of aryl methyl sites for hydroxylation is 1. The predicted octanol–water partition coefficient (Wildman–Crippen LogP) is 2.54. The molecule has 0 amide bonds. The second-order valence-corrected chi connectivity index (χ2v) is 4.89. The Kier molecular flexibility index (Phi) is 2.98. The lowest BCUT2D eigenvalue weighted by Crippen LogP contribution is -2.39. The molecule has 3 N–H and O–H groups in total. The molecular formula is C14H19NO2. The standard InChI is InChI=1S/C14H19NO2/c1-9(2)14(16,8-15)12-7-11-6-4-5-10(3)13(11)17-12/h4-7,9,16H,8,15H2,1-3H3. The Balaban J connectivity index is 2.60. The lowest BCUT2D eigenvalue weighted by atomic mass is 9.88. The number of rotatable bonds is 3. The van der Waals surface area contributed by atoms with Gasteiger partial charge in [-0.05, 0) is 24.5 Å². The minimum Gasteiger partial charge on any atom is -0.458 e. The maximum atomic E-state index is 10.5. The third-order valence-electron chi connectivity index (χ3n) is 3.43. The van der Waals surface area contributed by atoms with Gasteiger partial charge in [0.2, 0.25) is 0 Å². The number of para-hydroxylation sites is 1. The Morgan fingerprint density at radius 2 is 2.12 bits per heavy atom. The SMILES string of the molecule is Cc1cccc2cc(C(O)(CN)C(C)C)oc12. The van der Waals surface area contributed by atoms with Gasteiger partial charge in [-0.1, -0.05) is 32.0 Å². The number of fused-ring (bicyclic) bond motifs is 1. The second-order valence-electron chi connectivity index (χ2n) is 4.89. The number of benzene rings is 1. The maximum absolute atomic E-state index is 10.5. The van der Waals surface area contributed by atoms with Crippen molar-refractivity contribution in [3.05, 3.63) is 35.6 Å². The Labute approximate surface area is 101 Å². The summed E-state index contributed by atoms with van der Waals surface area (Å²) >= 11 is 0. The molecule has 0 spiro atoms. The van der Waals surface area contributed by atoms with Crippen molar-refractivity contribution < 1.29 is 9.52 Å². The number of hydrogen-bond acceptors (Lipinski definition) is 3. The summed E-state index contributed by atoms with van der Waals surface area (Å²) < 4.78 is 5.79. The van der Waals surface area contributed by atoms with Gasteiger partial charge in [-0.15, -0.1) is 0 Å². The van der Waals surface area contributed by atoms with Crippen LogP contribution in [0.2, 0.25) is 0 Å². The summed E-state index contributed by atoms with van der Waals surface area (Å²) in [5.41, 5.74) is 6.49. The highest BCUT2D eigenvalue weighted by Crippen LogP contribution is 2.33. The van der Waals surface area contributed by atoms with Crippen LogP contribution in [0.4, 0.5) is 0 Å². The lowest BCUT2D eigenvalue weighted by Gasteiger charge is -2.28. The lowest BCUT2D eigenvalue weighted by molar-refractivity contribution is -0.0194. The van der Waals surface area contributed by atoms with Crippen molar-refractivity contribution in [2.45, 2.75) is 26.4 Å². The van der Waals surface area contributed by atoms with Gasteiger partial charge in [-0.2, -0.15) is 0 Å². The van der Waals surface area contributed by atoms with E-state index in [4.69, 9.17) is 10.2 Å². The van der Waals surface area contributed by atoms with Crippen LogP contribution >= 0.6 is 0 Å². The zero-order valence-corrected chi connectivity index (χ0v) is 10.5. The molecule has 92 valence electrons. The fourth-order valence-electron chi connectivity index (χ4n) is 2.04. The first-order valence-corrected chi connectivity index (χ1v) is 5.91. The fourth-order valence-corrected chi connectivity index (χ4v) is 2.04. The summed E-state index contributed by atoms with van der Waals surface area (Å²) in [6.07, 6.45) is 0. The van der Waals surface area contributed by atoms with Gasteiger partial charge in [-0.3, -0.25) is 0 Å². The van der Waals surface area contributed by atoms with E-state index in [9.17, 15) is 5.11 Å². The molecule has 2 aromatic rings. The van der Waals surface area contributed by atoms with E-state index in [0.29, 0.717) is 5.76 Å². The number of aliphatic hydroxyl groups is 1. The molecule has 1 heterocycles. The number of nitrogens with two attached hydrogens (primary N) is 1. The minimum atomic E-state index is -1.09. The molecule has 0 aliphatic carbocycles. The molecule has 1 aromatic carbocycles. The topological polar surface area (TPSA) is 59.4 Å². The number of hydrogen-bond donors (Lipinski definition) is 2. The van der Waals surface area contributed by atoms with Crippen LogP contribution in [-0.4, -0.2) is 11.7 Å². The van der Waals surface area contributed by atoms with Crippen molar-refractivity contribution in [3.8, 4) is 0 Å². The normalized spacial score (nSPS) is 15.4. The third-order valence-corrected chi connectivity index (χ3v) is 3.43. The van der Waals surface area contributed by atoms with Crippen molar-refractivity contribution in [2.75, 3.05) is 6.54 Å². The van der Waals surface area contributed by atoms with Crippen LogP contribution in [0, 0.1) is 12.8 Å². The second kappa shape index (κ2) is 4.17. The summed E-state index contributed by atoms with van der Waals surface area (Å²) in [6.45, 7) is 6.02. The van der Waals surface area contributed by atoms with Gasteiger partial charge >= 0.3 is 0 Å². The van der Waals surface area contributed by atoms with Crippen LogP contribution in [-0.2, 0) is 5.60 Å². The first-order valence-electron chi connectivity index (χ1n) is 5.91. The largest absolute Gasteiger partial charge is 0.458 e. The van der Waals surface area contributed by atoms with E-state index in [0.717, 1.165) is 16.5 Å². The molecule has 2 rings (SSSR count). The quantitative estimate of drug-likeness (QED) is 0.856. The molecule has 3 heteroatoms. The summed E-state index contributed by atoms with van der Waals surface area (Å²) in [7, 11) is 0. The molecule has 0 saturated heterocycles. The van der Waals surface area contributed by atoms with Gasteiger partial charge in [0.15, 0.2) is 0 Å². The average Bonchev–Trinajstić information content (AvgIpc) is 2.73. The van der Waals surface area contributed by atoms with E-state index in [1.54, 1.807) is 0 Å². The van der Waals surface area contributed by atoms with Crippen molar-refractivity contribution in [2.24, 2.45) is 11.7 Å². The molecule has 0 aliphatic rings. The highest BCUT2D eigenvalue weighted by atomic mass is 16.4. The van der Waals surface area contributed by atoms with Gasteiger partial charge in [0.25, 0.3) is 0 Å². The molecule has 3 nitrogen and oxygen atoms in total. The minimum absolute atomic E-state index is 0.00775. The maximum Gasteiger partial charge on any atom is 0.138 e. The predicted molar refractivity (Wildman–Crippen MR) is 68.7 cm³/mol. The number of furan rings is 1. The highest BCUT2D eigenvalue weighted by molar-refractivity contribution is 5.81. The van der Waals surface area contributed by atoms with Crippen molar-refractivity contribution in [3.63, 3.8) is 0 Å². The summed E-state index contributed by atoms with van der Waals surface area (Å²) in [4.78, 5) is 0. The molecule has 1 atom stereocenters. The molecule has 0 fully saturated rings. The van der Waals surface area contributed by atoms with E-state index >= 15 is 0 Å². The van der Waals surface area contributed by atoms with Crippen molar-refractivity contribution in [1.82, 2.24) is 0 Å². The van der Waals surface area contributed by atoms with Gasteiger partial charge < -0.3 is 15.3 Å². The van der Waals surface area contributed by atoms with E-state index in [1.165, 1.54) is 0 Å². The summed E-state index contributed by atoms with van der Waals surface area (Å²) in [5, 5.41) is 11.5. The van der Waals surface area contributed by atoms with Gasteiger partial charge in [0.1, 0.15) is 16.9 Å². The molecule has 1 aromatic heterocycles. The molecule has 1 unspecified atom stereocenters. The Bertz CT molecular complexity index is 530. The smallest absolute Gasteiger partial charge is 0.138 e. The Hall–Kier alpha value is -1.32. The van der Waals surface area contributed by atoms with E-state index in [2.05, 4.69) is 0 Å². The fraction of sp³-hybridized carbons (Fsp3) is 0.429. The van der Waals surface area contributed by atoms with Crippen LogP contribution in [0.25, 0.3) is 11.0 Å². The molecule has 0 radical (unpaired) electrons. The summed E-state index contributed by atoms with van der Waals surface area (Å²) in [6, 6.07) is 7.84. The zero-order valence-electron chi connectivity index (χ0n) is 10.5. The Morgan fingerprint density at radius 3 is 2.65 bits per heavy atom. The van der Waals surface area contributed by atoms with Crippen molar-refractivity contribution in [1.29, 1.82) is 0 Å². The molecule has 0 bridgehead atoms. The zero-order chi connectivity index (χ0) is 12.6. The first-order chi connectivity index (χ1) is 7.99. The molecule has 0 saturated carbocycles. The molecule has 0 aliphatic heterocycles. The van der Waals surface area contributed by atoms with Crippen molar-refractivity contribution >= 4 is 11.0 Å². The van der Waals surface area contributed by atoms with Crippen LogP contribution in [0.15, 0.2) is 28.7 Å². The average molecular weight is 233 g/mol. The van der Waals surface area contributed by atoms with Gasteiger partial charge in [-0.25, -0.2) is 0 Å². The van der Waals surface area contributed by atoms with Gasteiger partial charge in [0.05, 0.1) is 0 Å². The third kappa shape index (κ3) is 1.85. The monoisotopic (exact) mass is 233 g/mol. The molecule has 17 heavy (non-hydrogen) atoms. The van der Waals surface area contributed by atoms with E-state index in [1.807, 2.05) is 45.0 Å². The van der Waals surface area contributed by atoms with Crippen LogP contribution in [0.1, 0.15) is 25.2 Å². The van der Waals surface area contributed by atoms with Crippen LogP contribution in [0.3, 0.4) is 0 Å². The molecular weight excluding hydrogens is 214 g/mol. The van der Waals surface area contributed by atoms with Crippen LogP contribution < -0.4 is 5.73 Å². The summed E-state index contributed by atoms with van der Waals surface area (Å²) in [5.74, 6) is 0.563. The highest BCUT2D eigenvalue weighted by Gasteiger charge is 2.35. The Morgan fingerprint density at radius 1 is 1.41 bits per heavy atom. The first kappa shape index (κ1) is 12.1. The van der Waals surface area contributed by atoms with E-state index < -0.39 is 5.60 Å². The van der Waals surface area contributed by atoms with E-state index in [-0.39, 0.29) is 12.5 Å². The van der Waals surface area contributed by atoms with Gasteiger partial charge in [0, 0.05) is 11.9 Å². The van der Waals surface area contributed by atoms with Crippen LogP contribution in [0.5, 0.6) is 0 Å².